The highest BCUT2D eigenvalue weighted by Crippen LogP contribution is 2.33. The van der Waals surface area contributed by atoms with Gasteiger partial charge in [-0.3, -0.25) is 0 Å². The monoisotopic (exact) mass is 376 g/mol. The average Bonchev–Trinajstić information content (AvgIpc) is 3.10. The van der Waals surface area contributed by atoms with E-state index in [2.05, 4.69) is 9.97 Å². The second-order valence-corrected chi connectivity index (χ2v) is 7.02. The van der Waals surface area contributed by atoms with Crippen molar-refractivity contribution in [2.75, 3.05) is 7.11 Å². The lowest BCUT2D eigenvalue weighted by Crippen LogP contribution is -2.63. The molecule has 4 unspecified atom stereocenters. The van der Waals surface area contributed by atoms with Gasteiger partial charge in [0, 0.05) is 18.6 Å². The maximum Gasteiger partial charge on any atom is 0.362 e. The smallest absolute Gasteiger partial charge is 0.362 e. The number of aliphatic hydroxyl groups excluding tert-OH is 2. The number of benzene rings is 1. The van der Waals surface area contributed by atoms with Gasteiger partial charge in [-0.05, 0) is 26.0 Å². The van der Waals surface area contributed by atoms with E-state index >= 15 is 0 Å². The first-order valence-electron chi connectivity index (χ1n) is 8.45. The van der Waals surface area contributed by atoms with E-state index in [-0.39, 0.29) is 11.1 Å². The standard InChI is InChI=1S/C18H20N2O7/c1-18(2)15(24-3)13(21)14(22)17(27-18)25-8-4-5-9-10(6-8)26-16(23)12-11(9)19-7-20-12/h4-7,13-15,17,21-22H,1-3H3,(H,19,20). The van der Waals surface area contributed by atoms with Crippen molar-refractivity contribution in [3.05, 3.63) is 34.9 Å². The lowest BCUT2D eigenvalue weighted by Gasteiger charge is -2.46. The van der Waals surface area contributed by atoms with Crippen molar-refractivity contribution in [2.24, 2.45) is 0 Å². The van der Waals surface area contributed by atoms with Crippen LogP contribution >= 0.6 is 0 Å². The van der Waals surface area contributed by atoms with E-state index in [1.54, 1.807) is 26.0 Å². The van der Waals surface area contributed by atoms with Gasteiger partial charge >= 0.3 is 5.63 Å². The number of nitrogens with zero attached hydrogens (tertiary/aromatic N) is 1. The summed E-state index contributed by atoms with van der Waals surface area (Å²) in [6.07, 6.45) is -2.92. The number of aromatic nitrogens is 2. The van der Waals surface area contributed by atoms with Crippen LogP contribution in [0.3, 0.4) is 0 Å². The summed E-state index contributed by atoms with van der Waals surface area (Å²) < 4.78 is 22.1. The van der Waals surface area contributed by atoms with E-state index in [4.69, 9.17) is 18.6 Å². The molecule has 9 nitrogen and oxygen atoms in total. The molecule has 0 spiro atoms. The molecule has 1 aliphatic rings. The van der Waals surface area contributed by atoms with Gasteiger partial charge in [-0.2, -0.15) is 0 Å². The Labute approximate surface area is 153 Å². The average molecular weight is 376 g/mol. The lowest BCUT2D eigenvalue weighted by molar-refractivity contribution is -0.305. The molecule has 4 rings (SSSR count). The number of hydrogen-bond donors (Lipinski definition) is 3. The molecule has 1 fully saturated rings. The van der Waals surface area contributed by atoms with E-state index in [0.717, 1.165) is 0 Å². The van der Waals surface area contributed by atoms with Gasteiger partial charge in [0.1, 0.15) is 35.2 Å². The molecule has 1 aliphatic heterocycles. The van der Waals surface area contributed by atoms with Crippen LogP contribution in [0, 0.1) is 0 Å². The van der Waals surface area contributed by atoms with Gasteiger partial charge in [0.2, 0.25) is 6.29 Å². The summed E-state index contributed by atoms with van der Waals surface area (Å²) in [6, 6.07) is 4.86. The Kier molecular flexibility index (Phi) is 4.19. The topological polar surface area (TPSA) is 127 Å². The fourth-order valence-electron chi connectivity index (χ4n) is 3.50. The number of rotatable bonds is 3. The molecule has 0 radical (unpaired) electrons. The van der Waals surface area contributed by atoms with Crippen molar-refractivity contribution in [3.8, 4) is 5.75 Å². The number of imidazole rings is 1. The Balaban J connectivity index is 1.67. The van der Waals surface area contributed by atoms with Gasteiger partial charge in [-0.1, -0.05) is 0 Å². The minimum atomic E-state index is -1.32. The molecule has 0 aliphatic carbocycles. The zero-order valence-corrected chi connectivity index (χ0v) is 15.0. The SMILES string of the molecule is COC1C(O)C(O)C(Oc2ccc3c(c2)oc(=O)c2[nH]cnc23)OC1(C)C. The summed E-state index contributed by atoms with van der Waals surface area (Å²) >= 11 is 0. The van der Waals surface area contributed by atoms with Crippen molar-refractivity contribution < 1.29 is 28.8 Å². The summed E-state index contributed by atoms with van der Waals surface area (Å²) in [5, 5.41) is 21.3. The molecule has 4 atom stereocenters. The Morgan fingerprint density at radius 3 is 2.78 bits per heavy atom. The predicted octanol–water partition coefficient (Wildman–Crippen LogP) is 0.920. The highest BCUT2D eigenvalue weighted by molar-refractivity contribution is 6.00. The fourth-order valence-corrected chi connectivity index (χ4v) is 3.50. The van der Waals surface area contributed by atoms with Crippen molar-refractivity contribution in [2.45, 2.75) is 44.1 Å². The molecule has 0 bridgehead atoms. The first-order valence-corrected chi connectivity index (χ1v) is 8.45. The van der Waals surface area contributed by atoms with Crippen LogP contribution in [0.5, 0.6) is 5.75 Å². The van der Waals surface area contributed by atoms with Crippen LogP contribution in [0.1, 0.15) is 13.8 Å². The van der Waals surface area contributed by atoms with Gasteiger partial charge in [0.05, 0.1) is 11.9 Å². The summed E-state index contributed by atoms with van der Waals surface area (Å²) in [5.74, 6) is 0.309. The highest BCUT2D eigenvalue weighted by Gasteiger charge is 2.50. The highest BCUT2D eigenvalue weighted by atomic mass is 16.7. The number of nitrogens with one attached hydrogen (secondary N) is 1. The summed E-state index contributed by atoms with van der Waals surface area (Å²) in [6.45, 7) is 3.47. The van der Waals surface area contributed by atoms with Crippen LogP contribution in [0.25, 0.3) is 22.0 Å². The first-order chi connectivity index (χ1) is 12.8. The van der Waals surface area contributed by atoms with Crippen LogP contribution in [-0.4, -0.2) is 57.5 Å². The normalized spacial score (nSPS) is 27.9. The van der Waals surface area contributed by atoms with Gasteiger partial charge in [0.25, 0.3) is 0 Å². The third-order valence-electron chi connectivity index (χ3n) is 4.80. The Morgan fingerprint density at radius 1 is 1.26 bits per heavy atom. The zero-order valence-electron chi connectivity index (χ0n) is 15.0. The number of methoxy groups -OCH3 is 1. The molecule has 0 amide bonds. The Hall–Kier alpha value is -2.46. The molecular formula is C18H20N2O7. The van der Waals surface area contributed by atoms with E-state index < -0.39 is 35.8 Å². The molecular weight excluding hydrogens is 356 g/mol. The van der Waals surface area contributed by atoms with E-state index in [0.29, 0.717) is 16.7 Å². The second-order valence-electron chi connectivity index (χ2n) is 7.02. The lowest BCUT2D eigenvalue weighted by atomic mass is 9.89. The van der Waals surface area contributed by atoms with Gasteiger partial charge in [-0.25, -0.2) is 9.78 Å². The number of ether oxygens (including phenoxy) is 3. The molecule has 0 saturated carbocycles. The van der Waals surface area contributed by atoms with Crippen LogP contribution in [0.4, 0.5) is 0 Å². The Morgan fingerprint density at radius 2 is 2.04 bits per heavy atom. The van der Waals surface area contributed by atoms with Gasteiger partial charge in [0.15, 0.2) is 5.52 Å². The second kappa shape index (κ2) is 6.31. The molecule has 3 N–H and O–H groups in total. The minimum absolute atomic E-state index is 0.289. The minimum Gasteiger partial charge on any atom is -0.462 e. The molecule has 27 heavy (non-hydrogen) atoms. The molecule has 1 saturated heterocycles. The van der Waals surface area contributed by atoms with Crippen LogP contribution in [0.15, 0.2) is 33.7 Å². The third-order valence-corrected chi connectivity index (χ3v) is 4.80. The molecule has 9 heteroatoms. The predicted molar refractivity (Wildman–Crippen MR) is 94.5 cm³/mol. The number of aromatic amines is 1. The maximum atomic E-state index is 12.0. The van der Waals surface area contributed by atoms with E-state index in [1.165, 1.54) is 19.5 Å². The number of hydrogen-bond acceptors (Lipinski definition) is 8. The van der Waals surface area contributed by atoms with Crippen LogP contribution in [-0.2, 0) is 9.47 Å². The molecule has 2 aromatic heterocycles. The van der Waals surface area contributed by atoms with Gasteiger partial charge < -0.3 is 33.8 Å². The van der Waals surface area contributed by atoms with Crippen molar-refractivity contribution in [1.29, 1.82) is 0 Å². The van der Waals surface area contributed by atoms with Crippen LogP contribution in [0.2, 0.25) is 0 Å². The number of aliphatic hydroxyl groups is 2. The number of H-pyrrole nitrogens is 1. The van der Waals surface area contributed by atoms with Crippen molar-refractivity contribution in [3.63, 3.8) is 0 Å². The molecule has 1 aromatic carbocycles. The van der Waals surface area contributed by atoms with E-state index in [1.807, 2.05) is 0 Å². The number of fused-ring (bicyclic) bond motifs is 3. The summed E-state index contributed by atoms with van der Waals surface area (Å²) in [5.41, 5.74) is -0.348. The third kappa shape index (κ3) is 2.88. The zero-order chi connectivity index (χ0) is 19.3. The molecule has 3 aromatic rings. The fraction of sp³-hybridized carbons (Fsp3) is 0.444. The van der Waals surface area contributed by atoms with Gasteiger partial charge in [-0.15, -0.1) is 0 Å². The quantitative estimate of drug-likeness (QED) is 0.576. The molecule has 144 valence electrons. The first kappa shape index (κ1) is 17.9. The van der Waals surface area contributed by atoms with Crippen LogP contribution < -0.4 is 10.4 Å². The van der Waals surface area contributed by atoms with E-state index in [9.17, 15) is 15.0 Å². The van der Waals surface area contributed by atoms with Crippen molar-refractivity contribution in [1.82, 2.24) is 9.97 Å². The molecule has 3 heterocycles. The maximum absolute atomic E-state index is 12.0. The summed E-state index contributed by atoms with van der Waals surface area (Å²) in [7, 11) is 1.44. The summed E-state index contributed by atoms with van der Waals surface area (Å²) in [4.78, 5) is 18.9. The largest absolute Gasteiger partial charge is 0.462 e. The Bertz CT molecular complexity index is 1040. The van der Waals surface area contributed by atoms with Crippen molar-refractivity contribution >= 4 is 22.0 Å².